The van der Waals surface area contributed by atoms with Crippen LogP contribution in [0.4, 0.5) is 5.69 Å². The van der Waals surface area contributed by atoms with Crippen LogP contribution in [-0.2, 0) is 0 Å². The fourth-order valence-corrected chi connectivity index (χ4v) is 1.91. The van der Waals surface area contributed by atoms with Gasteiger partial charge in [-0.25, -0.2) is 0 Å². The maximum atomic E-state index is 5.92. The maximum Gasteiger partial charge on any atom is 0.127 e. The van der Waals surface area contributed by atoms with Crippen LogP contribution in [0, 0.1) is 0 Å². The molecule has 0 aliphatic carbocycles. The molecular formula is C13H15NOS. The summed E-state index contributed by atoms with van der Waals surface area (Å²) in [5, 5.41) is 2.15. The highest BCUT2D eigenvalue weighted by atomic mass is 32.2. The standard InChI is InChI=1S/C13H15NOS/c1-16-9-8-15-13-7-6-12(14)10-4-2-3-5-11(10)13/h2-7H,8-9,14H2,1H3. The van der Waals surface area contributed by atoms with E-state index in [1.54, 1.807) is 11.8 Å². The summed E-state index contributed by atoms with van der Waals surface area (Å²) in [6, 6.07) is 11.9. The molecule has 3 heteroatoms. The average Bonchev–Trinajstić information content (AvgIpc) is 2.33. The van der Waals surface area contributed by atoms with Gasteiger partial charge in [0.05, 0.1) is 6.61 Å². The lowest BCUT2D eigenvalue weighted by Gasteiger charge is -2.10. The van der Waals surface area contributed by atoms with E-state index in [0.717, 1.165) is 34.6 Å². The number of fused-ring (bicyclic) bond motifs is 1. The molecule has 0 aliphatic heterocycles. The minimum Gasteiger partial charge on any atom is -0.492 e. The van der Waals surface area contributed by atoms with Crippen molar-refractivity contribution in [1.29, 1.82) is 0 Å². The molecule has 2 aromatic carbocycles. The second-order valence-corrected chi connectivity index (χ2v) is 4.53. The van der Waals surface area contributed by atoms with Crippen molar-refractivity contribution < 1.29 is 4.74 Å². The van der Waals surface area contributed by atoms with Crippen molar-refractivity contribution in [3.05, 3.63) is 36.4 Å². The van der Waals surface area contributed by atoms with Gasteiger partial charge in [0.25, 0.3) is 0 Å². The molecule has 2 aromatic rings. The number of thioether (sulfide) groups is 1. The van der Waals surface area contributed by atoms with Gasteiger partial charge in [-0.15, -0.1) is 0 Å². The molecule has 0 saturated heterocycles. The third-order valence-corrected chi connectivity index (χ3v) is 3.04. The monoisotopic (exact) mass is 233 g/mol. The predicted octanol–water partition coefficient (Wildman–Crippen LogP) is 3.16. The van der Waals surface area contributed by atoms with Crippen molar-refractivity contribution in [1.82, 2.24) is 0 Å². The van der Waals surface area contributed by atoms with E-state index < -0.39 is 0 Å². The zero-order valence-electron chi connectivity index (χ0n) is 9.27. The van der Waals surface area contributed by atoms with E-state index in [0.29, 0.717) is 0 Å². The summed E-state index contributed by atoms with van der Waals surface area (Å²) in [6.07, 6.45) is 2.07. The van der Waals surface area contributed by atoms with E-state index in [9.17, 15) is 0 Å². The van der Waals surface area contributed by atoms with Gasteiger partial charge in [0.2, 0.25) is 0 Å². The first kappa shape index (κ1) is 11.1. The number of hydrogen-bond acceptors (Lipinski definition) is 3. The summed E-state index contributed by atoms with van der Waals surface area (Å²) in [4.78, 5) is 0. The largest absolute Gasteiger partial charge is 0.492 e. The van der Waals surface area contributed by atoms with Crippen LogP contribution < -0.4 is 10.5 Å². The smallest absolute Gasteiger partial charge is 0.127 e. The fourth-order valence-electron chi connectivity index (χ4n) is 1.66. The molecule has 2 nitrogen and oxygen atoms in total. The van der Waals surface area contributed by atoms with Crippen molar-refractivity contribution in [2.24, 2.45) is 0 Å². The van der Waals surface area contributed by atoms with Gasteiger partial charge >= 0.3 is 0 Å². The van der Waals surface area contributed by atoms with E-state index in [1.807, 2.05) is 36.4 Å². The molecule has 0 bridgehead atoms. The molecule has 0 saturated carbocycles. The van der Waals surface area contributed by atoms with Gasteiger partial charge in [0.15, 0.2) is 0 Å². The first-order chi connectivity index (χ1) is 7.83. The average molecular weight is 233 g/mol. The van der Waals surface area contributed by atoms with Crippen molar-refractivity contribution in [2.75, 3.05) is 24.3 Å². The Balaban J connectivity index is 2.35. The first-order valence-corrected chi connectivity index (χ1v) is 6.61. The van der Waals surface area contributed by atoms with Gasteiger partial charge in [-0.3, -0.25) is 0 Å². The highest BCUT2D eigenvalue weighted by molar-refractivity contribution is 7.98. The van der Waals surface area contributed by atoms with Gasteiger partial charge in [-0.2, -0.15) is 11.8 Å². The Kier molecular flexibility index (Phi) is 3.57. The van der Waals surface area contributed by atoms with Crippen molar-refractivity contribution in [2.45, 2.75) is 0 Å². The summed E-state index contributed by atoms with van der Waals surface area (Å²) in [7, 11) is 0. The molecule has 2 N–H and O–H groups in total. The lowest BCUT2D eigenvalue weighted by atomic mass is 10.1. The summed E-state index contributed by atoms with van der Waals surface area (Å²) in [5.41, 5.74) is 6.72. The van der Waals surface area contributed by atoms with Gasteiger partial charge in [0.1, 0.15) is 5.75 Å². The maximum absolute atomic E-state index is 5.92. The number of rotatable bonds is 4. The molecule has 0 fully saturated rings. The first-order valence-electron chi connectivity index (χ1n) is 5.22. The molecule has 0 radical (unpaired) electrons. The Morgan fingerprint density at radius 3 is 2.62 bits per heavy atom. The van der Waals surface area contributed by atoms with Crippen LogP contribution in [0.1, 0.15) is 0 Å². The van der Waals surface area contributed by atoms with E-state index in [1.165, 1.54) is 0 Å². The number of anilines is 1. The van der Waals surface area contributed by atoms with Crippen LogP contribution in [-0.4, -0.2) is 18.6 Å². The lowest BCUT2D eigenvalue weighted by Crippen LogP contribution is -2.00. The molecule has 0 unspecified atom stereocenters. The number of hydrogen-bond donors (Lipinski definition) is 1. The van der Waals surface area contributed by atoms with Crippen molar-refractivity contribution >= 4 is 28.2 Å². The van der Waals surface area contributed by atoms with Crippen LogP contribution >= 0.6 is 11.8 Å². The SMILES string of the molecule is CSCCOc1ccc(N)c2ccccc12. The van der Waals surface area contributed by atoms with Crippen LogP contribution in [0.15, 0.2) is 36.4 Å². The van der Waals surface area contributed by atoms with Gasteiger partial charge < -0.3 is 10.5 Å². The van der Waals surface area contributed by atoms with E-state index in [4.69, 9.17) is 10.5 Å². The Morgan fingerprint density at radius 1 is 1.12 bits per heavy atom. The van der Waals surface area contributed by atoms with Gasteiger partial charge in [-0.05, 0) is 18.4 Å². The lowest BCUT2D eigenvalue weighted by molar-refractivity contribution is 0.348. The minimum atomic E-state index is 0.731. The molecule has 2 rings (SSSR count). The Bertz CT molecular complexity index is 484. The van der Waals surface area contributed by atoms with Gasteiger partial charge in [0, 0.05) is 22.2 Å². The zero-order chi connectivity index (χ0) is 11.4. The second kappa shape index (κ2) is 5.12. The molecule has 0 spiro atoms. The number of nitrogens with two attached hydrogens (primary N) is 1. The summed E-state index contributed by atoms with van der Waals surface area (Å²) in [5.74, 6) is 1.91. The van der Waals surface area contributed by atoms with Crippen molar-refractivity contribution in [3.63, 3.8) is 0 Å². The summed E-state index contributed by atoms with van der Waals surface area (Å²) in [6.45, 7) is 0.731. The Morgan fingerprint density at radius 2 is 1.88 bits per heavy atom. The minimum absolute atomic E-state index is 0.731. The highest BCUT2D eigenvalue weighted by Crippen LogP contribution is 2.29. The molecule has 84 valence electrons. The van der Waals surface area contributed by atoms with E-state index in [-0.39, 0.29) is 0 Å². The van der Waals surface area contributed by atoms with Crippen LogP contribution in [0.3, 0.4) is 0 Å². The predicted molar refractivity (Wildman–Crippen MR) is 72.2 cm³/mol. The van der Waals surface area contributed by atoms with Crippen LogP contribution in [0.5, 0.6) is 5.75 Å². The third-order valence-electron chi connectivity index (χ3n) is 2.46. The summed E-state index contributed by atoms with van der Waals surface area (Å²) >= 11 is 1.78. The van der Waals surface area contributed by atoms with Gasteiger partial charge in [-0.1, -0.05) is 24.3 Å². The number of ether oxygens (including phenoxy) is 1. The third kappa shape index (κ3) is 2.25. The number of benzene rings is 2. The highest BCUT2D eigenvalue weighted by Gasteiger charge is 2.03. The normalized spacial score (nSPS) is 10.6. The molecular weight excluding hydrogens is 218 g/mol. The molecule has 0 aromatic heterocycles. The molecule has 16 heavy (non-hydrogen) atoms. The van der Waals surface area contributed by atoms with E-state index >= 15 is 0 Å². The van der Waals surface area contributed by atoms with E-state index in [2.05, 4.69) is 6.26 Å². The molecule has 0 amide bonds. The van der Waals surface area contributed by atoms with Crippen LogP contribution in [0.2, 0.25) is 0 Å². The zero-order valence-corrected chi connectivity index (χ0v) is 10.1. The molecule has 0 aliphatic rings. The Labute approximate surface area is 99.8 Å². The van der Waals surface area contributed by atoms with Crippen LogP contribution in [0.25, 0.3) is 10.8 Å². The second-order valence-electron chi connectivity index (χ2n) is 3.54. The fraction of sp³-hybridized carbons (Fsp3) is 0.231. The number of nitrogen functional groups attached to an aromatic ring is 1. The molecule has 0 heterocycles. The topological polar surface area (TPSA) is 35.2 Å². The van der Waals surface area contributed by atoms with Crippen molar-refractivity contribution in [3.8, 4) is 5.75 Å². The Hall–Kier alpha value is -1.35. The summed E-state index contributed by atoms with van der Waals surface area (Å²) < 4.78 is 5.74. The molecule has 0 atom stereocenters. The quantitative estimate of drug-likeness (QED) is 0.651.